The fourth-order valence-corrected chi connectivity index (χ4v) is 2.38. The molecule has 2 rings (SSSR count). The minimum absolute atomic E-state index is 0.0361. The Morgan fingerprint density at radius 3 is 2.89 bits per heavy atom. The molecule has 1 amide bonds. The summed E-state index contributed by atoms with van der Waals surface area (Å²) in [4.78, 5) is 13.9. The van der Waals surface area contributed by atoms with E-state index in [0.717, 1.165) is 31.5 Å². The highest BCUT2D eigenvalue weighted by molar-refractivity contribution is 5.78. The lowest BCUT2D eigenvalue weighted by atomic mass is 10.0. The van der Waals surface area contributed by atoms with Crippen molar-refractivity contribution in [2.75, 3.05) is 20.1 Å². The summed E-state index contributed by atoms with van der Waals surface area (Å²) < 4.78 is 25.9. The number of likely N-dealkylation sites (tertiary alicyclic amines) is 1. The largest absolute Gasteiger partial charge is 0.341 e. The molecule has 0 radical (unpaired) electrons. The molecule has 104 valence electrons. The first kappa shape index (κ1) is 13.9. The lowest BCUT2D eigenvalue weighted by Gasteiger charge is -2.32. The number of carbonyl (C=O) groups excluding carboxylic acids is 1. The Balaban J connectivity index is 1.98. The molecule has 1 aromatic carbocycles. The van der Waals surface area contributed by atoms with Gasteiger partial charge in [0.2, 0.25) is 5.91 Å². The van der Waals surface area contributed by atoms with Crippen LogP contribution in [-0.2, 0) is 11.2 Å². The Bertz CT molecular complexity index is 465. The average Bonchev–Trinajstić information content (AvgIpc) is 2.43. The normalized spacial score (nSPS) is 19.5. The van der Waals surface area contributed by atoms with E-state index in [1.165, 1.54) is 6.07 Å². The van der Waals surface area contributed by atoms with E-state index in [9.17, 15) is 13.6 Å². The zero-order chi connectivity index (χ0) is 13.8. The number of likely N-dealkylation sites (N-methyl/N-ethyl adjacent to an activating group) is 1. The highest BCUT2D eigenvalue weighted by Crippen LogP contribution is 2.14. The maximum absolute atomic E-state index is 13.1. The van der Waals surface area contributed by atoms with E-state index < -0.39 is 11.6 Å². The van der Waals surface area contributed by atoms with Crippen LogP contribution < -0.4 is 5.32 Å². The van der Waals surface area contributed by atoms with E-state index in [1.807, 2.05) is 7.05 Å². The van der Waals surface area contributed by atoms with E-state index in [2.05, 4.69) is 5.32 Å². The summed E-state index contributed by atoms with van der Waals surface area (Å²) in [5.74, 6) is -1.83. The Hall–Kier alpha value is -1.49. The highest BCUT2D eigenvalue weighted by Gasteiger charge is 2.22. The topological polar surface area (TPSA) is 32.3 Å². The van der Waals surface area contributed by atoms with E-state index in [-0.39, 0.29) is 12.3 Å². The molecule has 5 heteroatoms. The number of rotatable bonds is 3. The summed E-state index contributed by atoms with van der Waals surface area (Å²) in [5.41, 5.74) is 0.510. The van der Waals surface area contributed by atoms with Crippen molar-refractivity contribution in [2.24, 2.45) is 0 Å². The standard InChI is InChI=1S/C14H18F2N2O/c1-17-11-3-2-6-18(9-11)14(19)8-10-4-5-12(15)13(16)7-10/h4-5,7,11,17H,2-3,6,8-9H2,1H3. The van der Waals surface area contributed by atoms with Gasteiger partial charge in [-0.05, 0) is 37.6 Å². The number of benzene rings is 1. The molecule has 0 saturated carbocycles. The average molecular weight is 268 g/mol. The number of amides is 1. The molecule has 19 heavy (non-hydrogen) atoms. The smallest absolute Gasteiger partial charge is 0.227 e. The lowest BCUT2D eigenvalue weighted by Crippen LogP contribution is -2.47. The molecule has 1 aliphatic heterocycles. The van der Waals surface area contributed by atoms with Gasteiger partial charge in [-0.1, -0.05) is 6.07 Å². The highest BCUT2D eigenvalue weighted by atomic mass is 19.2. The molecule has 1 atom stereocenters. The van der Waals surface area contributed by atoms with Crippen molar-refractivity contribution in [3.8, 4) is 0 Å². The molecule has 1 N–H and O–H groups in total. The van der Waals surface area contributed by atoms with Gasteiger partial charge in [0, 0.05) is 19.1 Å². The Labute approximate surface area is 111 Å². The number of hydrogen-bond acceptors (Lipinski definition) is 2. The summed E-state index contributed by atoms with van der Waals surface area (Å²) in [6, 6.07) is 3.93. The third kappa shape index (κ3) is 3.50. The third-order valence-electron chi connectivity index (χ3n) is 3.52. The SMILES string of the molecule is CNC1CCCN(C(=O)Cc2ccc(F)c(F)c2)C1. The second-order valence-corrected chi connectivity index (χ2v) is 4.89. The van der Waals surface area contributed by atoms with Crippen molar-refractivity contribution in [1.82, 2.24) is 10.2 Å². The van der Waals surface area contributed by atoms with Crippen molar-refractivity contribution < 1.29 is 13.6 Å². The van der Waals surface area contributed by atoms with Gasteiger partial charge < -0.3 is 10.2 Å². The minimum Gasteiger partial charge on any atom is -0.341 e. The zero-order valence-electron chi connectivity index (χ0n) is 11.0. The van der Waals surface area contributed by atoms with E-state index in [4.69, 9.17) is 0 Å². The third-order valence-corrected chi connectivity index (χ3v) is 3.52. The van der Waals surface area contributed by atoms with Crippen molar-refractivity contribution in [3.63, 3.8) is 0 Å². The number of halogens is 2. The number of nitrogens with one attached hydrogen (secondary N) is 1. The first-order valence-electron chi connectivity index (χ1n) is 6.49. The van der Waals surface area contributed by atoms with Crippen molar-refractivity contribution in [2.45, 2.75) is 25.3 Å². The molecule has 0 bridgehead atoms. The minimum atomic E-state index is -0.906. The molecule has 1 unspecified atom stereocenters. The van der Waals surface area contributed by atoms with E-state index in [1.54, 1.807) is 4.90 Å². The molecule has 0 aliphatic carbocycles. The fourth-order valence-electron chi connectivity index (χ4n) is 2.38. The van der Waals surface area contributed by atoms with Crippen LogP contribution in [0.3, 0.4) is 0 Å². The second-order valence-electron chi connectivity index (χ2n) is 4.89. The number of hydrogen-bond donors (Lipinski definition) is 1. The molecule has 0 aromatic heterocycles. The molecule has 1 aliphatic rings. The Morgan fingerprint density at radius 1 is 1.42 bits per heavy atom. The molecular formula is C14H18F2N2O. The first-order chi connectivity index (χ1) is 9.10. The molecule has 1 fully saturated rings. The van der Waals surface area contributed by atoms with E-state index >= 15 is 0 Å². The molecule has 0 spiro atoms. The lowest BCUT2D eigenvalue weighted by molar-refractivity contribution is -0.131. The van der Waals surface area contributed by atoms with Crippen LogP contribution in [0.2, 0.25) is 0 Å². The van der Waals surface area contributed by atoms with Crippen LogP contribution in [0.15, 0.2) is 18.2 Å². The molecule has 1 heterocycles. The summed E-state index contributed by atoms with van der Waals surface area (Å²) >= 11 is 0. The monoisotopic (exact) mass is 268 g/mol. The van der Waals surface area contributed by atoms with Crippen LogP contribution in [0.5, 0.6) is 0 Å². The quantitative estimate of drug-likeness (QED) is 0.905. The summed E-state index contributed by atoms with van der Waals surface area (Å²) in [5, 5.41) is 3.17. The van der Waals surface area contributed by atoms with Gasteiger partial charge in [-0.15, -0.1) is 0 Å². The van der Waals surface area contributed by atoms with Gasteiger partial charge >= 0.3 is 0 Å². The van der Waals surface area contributed by atoms with Crippen LogP contribution in [0.25, 0.3) is 0 Å². The Morgan fingerprint density at radius 2 is 2.21 bits per heavy atom. The zero-order valence-corrected chi connectivity index (χ0v) is 11.0. The molecule has 1 saturated heterocycles. The van der Waals surface area contributed by atoms with Gasteiger partial charge in [-0.25, -0.2) is 8.78 Å². The Kier molecular flexibility index (Phi) is 4.47. The van der Waals surface area contributed by atoms with Crippen LogP contribution in [0.1, 0.15) is 18.4 Å². The maximum atomic E-state index is 13.1. The van der Waals surface area contributed by atoms with Crippen LogP contribution >= 0.6 is 0 Å². The van der Waals surface area contributed by atoms with Gasteiger partial charge in [0.05, 0.1) is 6.42 Å². The molecular weight excluding hydrogens is 250 g/mol. The fraction of sp³-hybridized carbons (Fsp3) is 0.500. The van der Waals surface area contributed by atoms with Crippen molar-refractivity contribution in [3.05, 3.63) is 35.4 Å². The first-order valence-corrected chi connectivity index (χ1v) is 6.49. The van der Waals surface area contributed by atoms with Gasteiger partial charge in [-0.2, -0.15) is 0 Å². The summed E-state index contributed by atoms with van der Waals surface area (Å²) in [6.45, 7) is 1.42. The van der Waals surface area contributed by atoms with Crippen LogP contribution in [0.4, 0.5) is 8.78 Å². The predicted molar refractivity (Wildman–Crippen MR) is 68.7 cm³/mol. The van der Waals surface area contributed by atoms with Crippen molar-refractivity contribution >= 4 is 5.91 Å². The van der Waals surface area contributed by atoms with Gasteiger partial charge in [0.25, 0.3) is 0 Å². The number of piperidine rings is 1. The predicted octanol–water partition coefficient (Wildman–Crippen LogP) is 1.72. The number of nitrogens with zero attached hydrogens (tertiary/aromatic N) is 1. The second kappa shape index (κ2) is 6.10. The van der Waals surface area contributed by atoms with Crippen LogP contribution in [-0.4, -0.2) is 37.0 Å². The van der Waals surface area contributed by atoms with Gasteiger partial charge in [0.1, 0.15) is 0 Å². The van der Waals surface area contributed by atoms with Crippen molar-refractivity contribution in [1.29, 1.82) is 0 Å². The van der Waals surface area contributed by atoms with E-state index in [0.29, 0.717) is 18.2 Å². The maximum Gasteiger partial charge on any atom is 0.227 e. The van der Waals surface area contributed by atoms with Gasteiger partial charge in [-0.3, -0.25) is 4.79 Å². The molecule has 1 aromatic rings. The summed E-state index contributed by atoms with van der Waals surface area (Å²) in [7, 11) is 1.88. The summed E-state index contributed by atoms with van der Waals surface area (Å²) in [6.07, 6.45) is 2.15. The molecule has 3 nitrogen and oxygen atoms in total. The van der Waals surface area contributed by atoms with Crippen LogP contribution in [0, 0.1) is 11.6 Å². The van der Waals surface area contributed by atoms with Gasteiger partial charge in [0.15, 0.2) is 11.6 Å². The number of carbonyl (C=O) groups is 1.